The fourth-order valence-corrected chi connectivity index (χ4v) is 2.51. The molecule has 1 N–H and O–H groups in total. The summed E-state index contributed by atoms with van der Waals surface area (Å²) in [6.07, 6.45) is 2.92. The molecule has 1 aromatic carbocycles. The molecule has 0 saturated heterocycles. The Morgan fingerprint density at radius 3 is 2.72 bits per heavy atom. The molecular weight excluding hydrogens is 244 g/mol. The van der Waals surface area contributed by atoms with Crippen molar-refractivity contribution >= 4 is 28.2 Å². The van der Waals surface area contributed by atoms with Crippen molar-refractivity contribution in [2.24, 2.45) is 5.92 Å². The third kappa shape index (κ3) is 2.94. The summed E-state index contributed by atoms with van der Waals surface area (Å²) in [5, 5.41) is 5.33. The molecule has 0 amide bonds. The lowest BCUT2D eigenvalue weighted by Crippen LogP contribution is -2.17. The van der Waals surface area contributed by atoms with Crippen molar-refractivity contribution < 1.29 is 0 Å². The molecule has 0 spiro atoms. The molecule has 2 aromatic rings. The highest BCUT2D eigenvalue weighted by Crippen LogP contribution is 2.28. The smallest absolute Gasteiger partial charge is 0.0908 e. The van der Waals surface area contributed by atoms with Crippen molar-refractivity contribution in [2.75, 3.05) is 5.32 Å². The molecule has 1 aromatic heterocycles. The highest BCUT2D eigenvalue weighted by molar-refractivity contribution is 6.35. The van der Waals surface area contributed by atoms with Gasteiger partial charge in [-0.15, -0.1) is 0 Å². The van der Waals surface area contributed by atoms with E-state index in [1.807, 2.05) is 18.2 Å². The van der Waals surface area contributed by atoms with E-state index >= 15 is 0 Å². The number of pyridine rings is 1. The molecule has 0 radical (unpaired) electrons. The van der Waals surface area contributed by atoms with Crippen LogP contribution in [0.15, 0.2) is 30.5 Å². The number of nitrogens with zero attached hydrogens (tertiary/aromatic N) is 1. The molecule has 1 unspecified atom stereocenters. The molecule has 2 nitrogen and oxygen atoms in total. The van der Waals surface area contributed by atoms with Gasteiger partial charge >= 0.3 is 0 Å². The Hall–Kier alpha value is -1.28. The normalized spacial score (nSPS) is 12.9. The van der Waals surface area contributed by atoms with Gasteiger partial charge in [-0.2, -0.15) is 0 Å². The minimum atomic E-state index is 0.439. The fraction of sp³-hybridized carbons (Fsp3) is 0.400. The van der Waals surface area contributed by atoms with Crippen molar-refractivity contribution in [3.05, 3.63) is 35.5 Å². The van der Waals surface area contributed by atoms with Gasteiger partial charge in [0.1, 0.15) is 0 Å². The van der Waals surface area contributed by atoms with Gasteiger partial charge in [-0.25, -0.2) is 0 Å². The van der Waals surface area contributed by atoms with Crippen LogP contribution in [0.3, 0.4) is 0 Å². The number of rotatable bonds is 4. The van der Waals surface area contributed by atoms with E-state index in [0.29, 0.717) is 17.0 Å². The van der Waals surface area contributed by atoms with Crippen LogP contribution >= 0.6 is 11.6 Å². The van der Waals surface area contributed by atoms with E-state index in [9.17, 15) is 0 Å². The SMILES string of the molecule is CC(C)CC(C)Nc1ccc(Cl)c2ncccc12. The zero-order valence-electron chi connectivity index (χ0n) is 11.1. The second-order valence-electron chi connectivity index (χ2n) is 5.17. The first-order valence-corrected chi connectivity index (χ1v) is 6.75. The van der Waals surface area contributed by atoms with Gasteiger partial charge in [0, 0.05) is 23.3 Å². The number of benzene rings is 1. The molecule has 0 fully saturated rings. The van der Waals surface area contributed by atoms with Gasteiger partial charge in [0.15, 0.2) is 0 Å². The highest BCUT2D eigenvalue weighted by Gasteiger charge is 2.09. The zero-order valence-corrected chi connectivity index (χ0v) is 11.8. The van der Waals surface area contributed by atoms with E-state index in [0.717, 1.165) is 23.0 Å². The number of hydrogen-bond donors (Lipinski definition) is 1. The molecular formula is C15H19ClN2. The Morgan fingerprint density at radius 2 is 2.00 bits per heavy atom. The van der Waals surface area contributed by atoms with Crippen LogP contribution in [0.4, 0.5) is 5.69 Å². The molecule has 0 aliphatic heterocycles. The Kier molecular flexibility index (Phi) is 4.07. The summed E-state index contributed by atoms with van der Waals surface area (Å²) in [7, 11) is 0. The maximum atomic E-state index is 6.16. The summed E-state index contributed by atoms with van der Waals surface area (Å²) in [4.78, 5) is 4.34. The fourth-order valence-electron chi connectivity index (χ4n) is 2.30. The Labute approximate surface area is 113 Å². The maximum Gasteiger partial charge on any atom is 0.0908 e. The third-order valence-corrected chi connectivity index (χ3v) is 3.25. The van der Waals surface area contributed by atoms with Crippen LogP contribution in [0.5, 0.6) is 0 Å². The average molecular weight is 263 g/mol. The Bertz CT molecular complexity index is 537. The summed E-state index contributed by atoms with van der Waals surface area (Å²) in [5.41, 5.74) is 1.97. The van der Waals surface area contributed by atoms with Gasteiger partial charge in [-0.3, -0.25) is 4.98 Å². The van der Waals surface area contributed by atoms with E-state index in [1.165, 1.54) is 0 Å². The second-order valence-corrected chi connectivity index (χ2v) is 5.58. The second kappa shape index (κ2) is 5.57. The largest absolute Gasteiger partial charge is 0.382 e. The van der Waals surface area contributed by atoms with Crippen LogP contribution in [0.2, 0.25) is 5.02 Å². The van der Waals surface area contributed by atoms with Gasteiger partial charge in [-0.1, -0.05) is 25.4 Å². The maximum absolute atomic E-state index is 6.16. The van der Waals surface area contributed by atoms with Crippen molar-refractivity contribution in [3.8, 4) is 0 Å². The van der Waals surface area contributed by atoms with E-state index in [-0.39, 0.29) is 0 Å². The molecule has 0 aliphatic rings. The summed E-state index contributed by atoms with van der Waals surface area (Å²) in [6, 6.07) is 8.37. The Morgan fingerprint density at radius 1 is 1.22 bits per heavy atom. The minimum Gasteiger partial charge on any atom is -0.382 e. The molecule has 1 heterocycles. The van der Waals surface area contributed by atoms with Crippen LogP contribution in [0.25, 0.3) is 10.9 Å². The van der Waals surface area contributed by atoms with Crippen molar-refractivity contribution in [2.45, 2.75) is 33.2 Å². The van der Waals surface area contributed by atoms with Crippen LogP contribution in [-0.4, -0.2) is 11.0 Å². The standard InChI is InChI=1S/C15H19ClN2/c1-10(2)9-11(3)18-14-7-6-13(16)15-12(14)5-4-8-17-15/h4-8,10-11,18H,9H2,1-3H3. The number of anilines is 1. The molecule has 18 heavy (non-hydrogen) atoms. The van der Waals surface area contributed by atoms with Crippen LogP contribution < -0.4 is 5.32 Å². The van der Waals surface area contributed by atoms with E-state index in [2.05, 4.69) is 37.1 Å². The number of hydrogen-bond acceptors (Lipinski definition) is 2. The summed E-state index contributed by atoms with van der Waals surface area (Å²) >= 11 is 6.16. The van der Waals surface area contributed by atoms with E-state index in [4.69, 9.17) is 11.6 Å². The summed E-state index contributed by atoms with van der Waals surface area (Å²) < 4.78 is 0. The first-order valence-electron chi connectivity index (χ1n) is 6.37. The average Bonchev–Trinajstić information content (AvgIpc) is 2.32. The van der Waals surface area contributed by atoms with Crippen molar-refractivity contribution in [3.63, 3.8) is 0 Å². The molecule has 0 saturated carbocycles. The van der Waals surface area contributed by atoms with Crippen molar-refractivity contribution in [1.82, 2.24) is 4.98 Å². The summed E-state index contributed by atoms with van der Waals surface area (Å²) in [5.74, 6) is 0.684. The van der Waals surface area contributed by atoms with Crippen LogP contribution in [0, 0.1) is 5.92 Å². The van der Waals surface area contributed by atoms with Gasteiger partial charge in [0.05, 0.1) is 10.5 Å². The molecule has 3 heteroatoms. The topological polar surface area (TPSA) is 24.9 Å². The van der Waals surface area contributed by atoms with Crippen LogP contribution in [-0.2, 0) is 0 Å². The lowest BCUT2D eigenvalue weighted by Gasteiger charge is -2.18. The van der Waals surface area contributed by atoms with Gasteiger partial charge in [-0.05, 0) is 43.5 Å². The van der Waals surface area contributed by atoms with E-state index < -0.39 is 0 Å². The third-order valence-electron chi connectivity index (χ3n) is 2.95. The number of nitrogens with one attached hydrogen (secondary N) is 1. The zero-order chi connectivity index (χ0) is 13.1. The molecule has 96 valence electrons. The predicted octanol–water partition coefficient (Wildman–Crippen LogP) is 4.73. The molecule has 0 aliphatic carbocycles. The Balaban J connectivity index is 2.31. The summed E-state index contributed by atoms with van der Waals surface area (Å²) in [6.45, 7) is 6.68. The first kappa shape index (κ1) is 13.2. The predicted molar refractivity (Wildman–Crippen MR) is 79.3 cm³/mol. The molecule has 1 atom stereocenters. The number of fused-ring (bicyclic) bond motifs is 1. The van der Waals surface area contributed by atoms with E-state index in [1.54, 1.807) is 6.20 Å². The van der Waals surface area contributed by atoms with Gasteiger partial charge < -0.3 is 5.32 Å². The first-order chi connectivity index (χ1) is 8.58. The molecule has 2 rings (SSSR count). The monoisotopic (exact) mass is 262 g/mol. The number of aromatic nitrogens is 1. The quantitative estimate of drug-likeness (QED) is 0.861. The van der Waals surface area contributed by atoms with Crippen LogP contribution in [0.1, 0.15) is 27.2 Å². The van der Waals surface area contributed by atoms with Crippen molar-refractivity contribution in [1.29, 1.82) is 0 Å². The number of halogens is 1. The minimum absolute atomic E-state index is 0.439. The highest BCUT2D eigenvalue weighted by atomic mass is 35.5. The van der Waals surface area contributed by atoms with Gasteiger partial charge in [0.2, 0.25) is 0 Å². The lowest BCUT2D eigenvalue weighted by molar-refractivity contribution is 0.540. The lowest BCUT2D eigenvalue weighted by atomic mass is 10.0. The van der Waals surface area contributed by atoms with Gasteiger partial charge in [0.25, 0.3) is 0 Å². The molecule has 0 bridgehead atoms.